The molecule has 0 saturated heterocycles. The van der Waals surface area contributed by atoms with Crippen LogP contribution in [0.2, 0.25) is 0 Å². The van der Waals surface area contributed by atoms with Crippen LogP contribution in [0.5, 0.6) is 0 Å². The molecule has 7 heteroatoms. The molecule has 2 heterocycles. The van der Waals surface area contributed by atoms with Gasteiger partial charge in [0, 0.05) is 17.4 Å². The highest BCUT2D eigenvalue weighted by Crippen LogP contribution is 2.29. The predicted molar refractivity (Wildman–Crippen MR) is 120 cm³/mol. The van der Waals surface area contributed by atoms with Crippen LogP contribution in [-0.2, 0) is 0 Å². The molecule has 156 valence electrons. The largest absolute Gasteiger partial charge is 0.322 e. The van der Waals surface area contributed by atoms with Crippen LogP contribution in [0, 0.1) is 6.92 Å². The third-order valence-corrected chi connectivity index (χ3v) is 5.26. The van der Waals surface area contributed by atoms with E-state index >= 15 is 0 Å². The first kappa shape index (κ1) is 19.4. The number of anilines is 2. The maximum absolute atomic E-state index is 12.7. The fourth-order valence-corrected chi connectivity index (χ4v) is 3.67. The smallest absolute Gasteiger partial charge is 0.266 e. The molecule has 7 nitrogen and oxygen atoms in total. The van der Waals surface area contributed by atoms with Gasteiger partial charge in [-0.05, 0) is 67.1 Å². The normalized spacial score (nSPS) is 12.7. The van der Waals surface area contributed by atoms with Crippen molar-refractivity contribution in [1.82, 2.24) is 9.78 Å². The number of carbonyl (C=O) groups excluding carboxylic acids is 3. The van der Waals surface area contributed by atoms with Crippen molar-refractivity contribution in [1.29, 1.82) is 0 Å². The van der Waals surface area contributed by atoms with Gasteiger partial charge in [-0.3, -0.25) is 14.4 Å². The number of hydrogen-bond acceptors (Lipinski definition) is 4. The van der Waals surface area contributed by atoms with Crippen LogP contribution >= 0.6 is 0 Å². The first-order valence-electron chi connectivity index (χ1n) is 10.0. The average Bonchev–Trinajstić information content (AvgIpc) is 3.35. The van der Waals surface area contributed by atoms with E-state index in [9.17, 15) is 14.4 Å². The van der Waals surface area contributed by atoms with Gasteiger partial charge in [0.25, 0.3) is 17.7 Å². The summed E-state index contributed by atoms with van der Waals surface area (Å²) in [6.07, 6.45) is 3.67. The molecule has 0 saturated carbocycles. The summed E-state index contributed by atoms with van der Waals surface area (Å²) in [6, 6.07) is 20.5. The molecule has 0 bridgehead atoms. The third kappa shape index (κ3) is 3.35. The van der Waals surface area contributed by atoms with E-state index in [4.69, 9.17) is 0 Å². The van der Waals surface area contributed by atoms with Crippen molar-refractivity contribution in [3.05, 3.63) is 107 Å². The van der Waals surface area contributed by atoms with E-state index in [1.807, 2.05) is 25.3 Å². The zero-order valence-electron chi connectivity index (χ0n) is 17.1. The molecule has 0 aliphatic carbocycles. The molecule has 0 unspecified atom stereocenters. The summed E-state index contributed by atoms with van der Waals surface area (Å²) >= 11 is 0. The minimum Gasteiger partial charge on any atom is -0.322 e. The van der Waals surface area contributed by atoms with E-state index in [0.717, 1.165) is 16.2 Å². The van der Waals surface area contributed by atoms with Crippen LogP contribution in [0.4, 0.5) is 11.4 Å². The van der Waals surface area contributed by atoms with Crippen molar-refractivity contribution < 1.29 is 14.4 Å². The summed E-state index contributed by atoms with van der Waals surface area (Å²) in [7, 11) is 0. The van der Waals surface area contributed by atoms with Gasteiger partial charge in [0.05, 0.1) is 28.7 Å². The summed E-state index contributed by atoms with van der Waals surface area (Å²) in [5.41, 5.74) is 4.00. The molecule has 0 spiro atoms. The maximum Gasteiger partial charge on any atom is 0.266 e. The zero-order valence-corrected chi connectivity index (χ0v) is 17.1. The van der Waals surface area contributed by atoms with Gasteiger partial charge in [-0.25, -0.2) is 9.58 Å². The first-order chi connectivity index (χ1) is 15.5. The van der Waals surface area contributed by atoms with Crippen LogP contribution in [0.1, 0.15) is 36.6 Å². The number of amides is 3. The van der Waals surface area contributed by atoms with Crippen molar-refractivity contribution in [2.45, 2.75) is 6.92 Å². The van der Waals surface area contributed by atoms with Gasteiger partial charge in [0.15, 0.2) is 0 Å². The Hall–Kier alpha value is -4.52. The molecular weight excluding hydrogens is 404 g/mol. The second-order valence-corrected chi connectivity index (χ2v) is 7.50. The predicted octanol–water partition coefficient (Wildman–Crippen LogP) is 4.23. The fourth-order valence-electron chi connectivity index (χ4n) is 3.67. The molecule has 1 aliphatic heterocycles. The molecule has 0 radical (unpaired) electrons. The number of nitrogens with one attached hydrogen (secondary N) is 1. The van der Waals surface area contributed by atoms with E-state index in [1.54, 1.807) is 71.5 Å². The summed E-state index contributed by atoms with van der Waals surface area (Å²) < 4.78 is 1.74. The van der Waals surface area contributed by atoms with Gasteiger partial charge in [-0.2, -0.15) is 5.10 Å². The van der Waals surface area contributed by atoms with Crippen molar-refractivity contribution in [3.63, 3.8) is 0 Å². The number of nitrogens with zero attached hydrogens (tertiary/aromatic N) is 3. The Labute approximate surface area is 183 Å². The van der Waals surface area contributed by atoms with Crippen molar-refractivity contribution in [2.24, 2.45) is 0 Å². The van der Waals surface area contributed by atoms with E-state index in [0.29, 0.717) is 28.1 Å². The van der Waals surface area contributed by atoms with Crippen LogP contribution in [0.15, 0.2) is 85.2 Å². The number of hydrogen-bond donors (Lipinski definition) is 1. The molecule has 3 aromatic carbocycles. The van der Waals surface area contributed by atoms with Gasteiger partial charge in [0.1, 0.15) is 0 Å². The molecule has 3 amide bonds. The molecule has 4 aromatic rings. The summed E-state index contributed by atoms with van der Waals surface area (Å²) in [5, 5.41) is 7.08. The van der Waals surface area contributed by atoms with Gasteiger partial charge >= 0.3 is 0 Å². The SMILES string of the molecule is Cc1cnn(-c2ccc(C(=O)Nc3cccc(N4C(=O)c5ccccc5C4=O)c3)cc2)c1. The Bertz CT molecular complexity index is 1340. The maximum atomic E-state index is 12.7. The lowest BCUT2D eigenvalue weighted by molar-refractivity contribution is 0.0925. The third-order valence-electron chi connectivity index (χ3n) is 5.26. The Morgan fingerprint density at radius 1 is 0.844 bits per heavy atom. The molecule has 0 atom stereocenters. The summed E-state index contributed by atoms with van der Waals surface area (Å²) in [6.45, 7) is 1.96. The van der Waals surface area contributed by atoms with Crippen LogP contribution in [0.3, 0.4) is 0 Å². The second-order valence-electron chi connectivity index (χ2n) is 7.50. The lowest BCUT2D eigenvalue weighted by Gasteiger charge is -2.15. The quantitative estimate of drug-likeness (QED) is 0.499. The fraction of sp³-hybridized carbons (Fsp3) is 0.0400. The highest BCUT2D eigenvalue weighted by atomic mass is 16.2. The molecule has 32 heavy (non-hydrogen) atoms. The van der Waals surface area contributed by atoms with E-state index in [1.165, 1.54) is 0 Å². The zero-order chi connectivity index (χ0) is 22.2. The van der Waals surface area contributed by atoms with Gasteiger partial charge in [-0.1, -0.05) is 18.2 Å². The topological polar surface area (TPSA) is 84.3 Å². The molecular formula is C25H18N4O3. The minimum atomic E-state index is -0.376. The van der Waals surface area contributed by atoms with Gasteiger partial charge in [-0.15, -0.1) is 0 Å². The van der Waals surface area contributed by atoms with Gasteiger partial charge in [0.2, 0.25) is 0 Å². The van der Waals surface area contributed by atoms with Gasteiger partial charge < -0.3 is 5.32 Å². The van der Waals surface area contributed by atoms with Crippen LogP contribution in [-0.4, -0.2) is 27.5 Å². The lowest BCUT2D eigenvalue weighted by atomic mass is 10.1. The molecule has 5 rings (SSSR count). The monoisotopic (exact) mass is 422 g/mol. The number of aromatic nitrogens is 2. The van der Waals surface area contributed by atoms with E-state index < -0.39 is 0 Å². The number of rotatable bonds is 4. The second kappa shape index (κ2) is 7.63. The van der Waals surface area contributed by atoms with Crippen molar-refractivity contribution in [2.75, 3.05) is 10.2 Å². The number of benzene rings is 3. The van der Waals surface area contributed by atoms with E-state index in [-0.39, 0.29) is 17.7 Å². The molecule has 1 aromatic heterocycles. The minimum absolute atomic E-state index is 0.298. The van der Waals surface area contributed by atoms with Crippen LogP contribution in [0.25, 0.3) is 5.69 Å². The molecule has 1 N–H and O–H groups in total. The average molecular weight is 422 g/mol. The standard InChI is InChI=1S/C25H18N4O3/c1-16-14-26-28(15-16)19-11-9-17(10-12-19)23(30)27-18-5-4-6-20(13-18)29-24(31)21-7-2-3-8-22(21)25(29)32/h2-15H,1H3,(H,27,30). The molecule has 0 fully saturated rings. The Kier molecular flexibility index (Phi) is 4.63. The highest BCUT2D eigenvalue weighted by Gasteiger charge is 2.36. The number of fused-ring (bicyclic) bond motifs is 1. The summed E-state index contributed by atoms with van der Waals surface area (Å²) in [5.74, 6) is -1.05. The Balaban J connectivity index is 1.35. The van der Waals surface area contributed by atoms with E-state index in [2.05, 4.69) is 10.4 Å². The number of carbonyl (C=O) groups is 3. The van der Waals surface area contributed by atoms with Crippen molar-refractivity contribution in [3.8, 4) is 5.69 Å². The lowest BCUT2D eigenvalue weighted by Crippen LogP contribution is -2.29. The highest BCUT2D eigenvalue weighted by molar-refractivity contribution is 6.34. The Morgan fingerprint density at radius 2 is 1.53 bits per heavy atom. The number of imide groups is 1. The number of aryl methyl sites for hydroxylation is 1. The molecule has 1 aliphatic rings. The summed E-state index contributed by atoms with van der Waals surface area (Å²) in [4.78, 5) is 39.3. The van der Waals surface area contributed by atoms with Crippen molar-refractivity contribution >= 4 is 29.1 Å². The first-order valence-corrected chi connectivity index (χ1v) is 10.0. The Morgan fingerprint density at radius 3 is 2.16 bits per heavy atom. The van der Waals surface area contributed by atoms with Crippen LogP contribution < -0.4 is 10.2 Å².